The average Bonchev–Trinajstić information content (AvgIpc) is 2.85. The Labute approximate surface area is 119 Å². The third-order valence-corrected chi connectivity index (χ3v) is 2.78. The van der Waals surface area contributed by atoms with Crippen LogP contribution in [0.2, 0.25) is 0 Å². The molecule has 2 aromatic rings. The van der Waals surface area contributed by atoms with E-state index in [1.807, 2.05) is 19.9 Å². The number of hydrogen-bond donors (Lipinski definition) is 0. The summed E-state index contributed by atoms with van der Waals surface area (Å²) in [4.78, 5) is 0. The van der Waals surface area contributed by atoms with Crippen molar-refractivity contribution in [3.05, 3.63) is 36.0 Å². The van der Waals surface area contributed by atoms with Crippen molar-refractivity contribution in [2.75, 3.05) is 0 Å². The highest BCUT2D eigenvalue weighted by atomic mass is 19.4. The van der Waals surface area contributed by atoms with Crippen molar-refractivity contribution in [1.82, 2.24) is 9.78 Å². The zero-order valence-corrected chi connectivity index (χ0v) is 11.3. The molecule has 2 rings (SSSR count). The Bertz CT molecular complexity index is 684. The van der Waals surface area contributed by atoms with E-state index in [9.17, 15) is 13.2 Å². The molecule has 0 aliphatic heterocycles. The van der Waals surface area contributed by atoms with Gasteiger partial charge < -0.3 is 4.74 Å². The average molecular weight is 295 g/mol. The van der Waals surface area contributed by atoms with Gasteiger partial charge in [-0.15, -0.1) is 13.2 Å². The van der Waals surface area contributed by atoms with Crippen LogP contribution < -0.4 is 4.74 Å². The van der Waals surface area contributed by atoms with Crippen molar-refractivity contribution in [2.45, 2.75) is 26.3 Å². The SMILES string of the molecule is CC(C)n1nccc1-c1cc(OC(F)(F)F)ccc1C#N. The van der Waals surface area contributed by atoms with Gasteiger partial charge in [-0.1, -0.05) is 0 Å². The Morgan fingerprint density at radius 2 is 2.00 bits per heavy atom. The molecular formula is C14H12F3N3O. The Balaban J connectivity index is 2.53. The normalized spacial score (nSPS) is 11.5. The quantitative estimate of drug-likeness (QED) is 0.862. The lowest BCUT2D eigenvalue weighted by Crippen LogP contribution is -2.17. The van der Waals surface area contributed by atoms with Gasteiger partial charge in [-0.05, 0) is 38.1 Å². The van der Waals surface area contributed by atoms with Gasteiger partial charge in [0.1, 0.15) is 5.75 Å². The summed E-state index contributed by atoms with van der Waals surface area (Å²) in [6, 6.07) is 7.23. The second kappa shape index (κ2) is 5.48. The topological polar surface area (TPSA) is 50.8 Å². The van der Waals surface area contributed by atoms with E-state index in [-0.39, 0.29) is 17.4 Å². The lowest BCUT2D eigenvalue weighted by molar-refractivity contribution is -0.274. The van der Waals surface area contributed by atoms with Gasteiger partial charge in [-0.25, -0.2) is 0 Å². The van der Waals surface area contributed by atoms with Crippen LogP contribution in [-0.4, -0.2) is 16.1 Å². The third kappa shape index (κ3) is 3.34. The van der Waals surface area contributed by atoms with Crippen LogP contribution in [0.4, 0.5) is 13.2 Å². The van der Waals surface area contributed by atoms with Crippen molar-refractivity contribution in [3.63, 3.8) is 0 Å². The van der Waals surface area contributed by atoms with E-state index < -0.39 is 6.36 Å². The lowest BCUT2D eigenvalue weighted by atomic mass is 10.0. The van der Waals surface area contributed by atoms with E-state index in [1.54, 1.807) is 10.7 Å². The van der Waals surface area contributed by atoms with Crippen molar-refractivity contribution < 1.29 is 17.9 Å². The maximum absolute atomic E-state index is 12.3. The van der Waals surface area contributed by atoms with Gasteiger partial charge in [0.15, 0.2) is 0 Å². The molecule has 0 fully saturated rings. The number of hydrogen-bond acceptors (Lipinski definition) is 3. The Hall–Kier alpha value is -2.49. The smallest absolute Gasteiger partial charge is 0.406 e. The summed E-state index contributed by atoms with van der Waals surface area (Å²) >= 11 is 0. The molecule has 0 saturated heterocycles. The fourth-order valence-corrected chi connectivity index (χ4v) is 1.97. The summed E-state index contributed by atoms with van der Waals surface area (Å²) in [5, 5.41) is 13.2. The molecular weight excluding hydrogens is 283 g/mol. The second-order valence-corrected chi connectivity index (χ2v) is 4.62. The molecule has 0 radical (unpaired) electrons. The van der Waals surface area contributed by atoms with E-state index in [0.29, 0.717) is 11.3 Å². The molecule has 0 aliphatic rings. The maximum atomic E-state index is 12.3. The monoisotopic (exact) mass is 295 g/mol. The molecule has 0 unspecified atom stereocenters. The van der Waals surface area contributed by atoms with Gasteiger partial charge in [-0.2, -0.15) is 10.4 Å². The highest BCUT2D eigenvalue weighted by Crippen LogP contribution is 2.31. The summed E-state index contributed by atoms with van der Waals surface area (Å²) in [5.41, 5.74) is 1.17. The Kier molecular flexibility index (Phi) is 3.89. The number of halogens is 3. The first kappa shape index (κ1) is 14.9. The first-order chi connectivity index (χ1) is 9.81. The number of nitriles is 1. The summed E-state index contributed by atoms with van der Waals surface area (Å²) in [6.07, 6.45) is -3.24. The zero-order chi connectivity index (χ0) is 15.6. The number of benzene rings is 1. The van der Waals surface area contributed by atoms with Crippen LogP contribution in [-0.2, 0) is 0 Å². The van der Waals surface area contributed by atoms with Crippen molar-refractivity contribution in [1.29, 1.82) is 5.26 Å². The van der Waals surface area contributed by atoms with E-state index in [0.717, 1.165) is 6.07 Å². The van der Waals surface area contributed by atoms with Gasteiger partial charge >= 0.3 is 6.36 Å². The van der Waals surface area contributed by atoms with E-state index in [4.69, 9.17) is 5.26 Å². The predicted octanol–water partition coefficient (Wildman–Crippen LogP) is 3.90. The number of aromatic nitrogens is 2. The van der Waals surface area contributed by atoms with Crippen LogP contribution in [0.1, 0.15) is 25.5 Å². The molecule has 0 N–H and O–H groups in total. The fraction of sp³-hybridized carbons (Fsp3) is 0.286. The van der Waals surface area contributed by atoms with Crippen LogP contribution in [0.5, 0.6) is 5.75 Å². The highest BCUT2D eigenvalue weighted by Gasteiger charge is 2.31. The molecule has 21 heavy (non-hydrogen) atoms. The molecule has 0 amide bonds. The molecule has 1 heterocycles. The van der Waals surface area contributed by atoms with Crippen molar-refractivity contribution >= 4 is 0 Å². The Morgan fingerprint density at radius 1 is 1.29 bits per heavy atom. The van der Waals surface area contributed by atoms with Gasteiger partial charge in [0, 0.05) is 17.8 Å². The first-order valence-electron chi connectivity index (χ1n) is 6.15. The molecule has 0 aliphatic carbocycles. The maximum Gasteiger partial charge on any atom is 0.573 e. The summed E-state index contributed by atoms with van der Waals surface area (Å²) < 4.78 is 42.4. The predicted molar refractivity (Wildman–Crippen MR) is 69.4 cm³/mol. The van der Waals surface area contributed by atoms with E-state index in [2.05, 4.69) is 9.84 Å². The molecule has 0 atom stereocenters. The molecule has 1 aromatic heterocycles. The highest BCUT2D eigenvalue weighted by molar-refractivity contribution is 5.69. The number of alkyl halides is 3. The van der Waals surface area contributed by atoms with Crippen LogP contribution in [0.15, 0.2) is 30.5 Å². The van der Waals surface area contributed by atoms with Crippen LogP contribution in [0.3, 0.4) is 0 Å². The van der Waals surface area contributed by atoms with Crippen molar-refractivity contribution in [2.24, 2.45) is 0 Å². The molecule has 0 saturated carbocycles. The summed E-state index contributed by atoms with van der Waals surface area (Å²) in [7, 11) is 0. The van der Waals surface area contributed by atoms with Gasteiger partial charge in [0.05, 0.1) is 17.3 Å². The zero-order valence-electron chi connectivity index (χ0n) is 11.3. The molecule has 1 aromatic carbocycles. The molecule has 0 bridgehead atoms. The minimum atomic E-state index is -4.77. The lowest BCUT2D eigenvalue weighted by Gasteiger charge is -2.14. The first-order valence-corrected chi connectivity index (χ1v) is 6.15. The fourth-order valence-electron chi connectivity index (χ4n) is 1.97. The summed E-state index contributed by atoms with van der Waals surface area (Å²) in [6.45, 7) is 3.78. The molecule has 4 nitrogen and oxygen atoms in total. The number of rotatable bonds is 3. The van der Waals surface area contributed by atoms with E-state index >= 15 is 0 Å². The van der Waals surface area contributed by atoms with Crippen LogP contribution >= 0.6 is 0 Å². The largest absolute Gasteiger partial charge is 0.573 e. The van der Waals surface area contributed by atoms with Gasteiger partial charge in [0.2, 0.25) is 0 Å². The standard InChI is InChI=1S/C14H12F3N3O/c1-9(2)20-13(5-6-19-20)12-7-11(21-14(15,16)17)4-3-10(12)8-18/h3-7,9H,1-2H3. The molecule has 110 valence electrons. The second-order valence-electron chi connectivity index (χ2n) is 4.62. The van der Waals surface area contributed by atoms with Crippen LogP contribution in [0.25, 0.3) is 11.3 Å². The number of nitrogens with zero attached hydrogens (tertiary/aromatic N) is 3. The van der Waals surface area contributed by atoms with Gasteiger partial charge in [-0.3, -0.25) is 4.68 Å². The minimum absolute atomic E-state index is 0.00809. The Morgan fingerprint density at radius 3 is 2.57 bits per heavy atom. The molecule has 0 spiro atoms. The minimum Gasteiger partial charge on any atom is -0.406 e. The van der Waals surface area contributed by atoms with Crippen molar-refractivity contribution in [3.8, 4) is 23.1 Å². The van der Waals surface area contributed by atoms with E-state index in [1.165, 1.54) is 18.3 Å². The number of ether oxygens (including phenoxy) is 1. The summed E-state index contributed by atoms with van der Waals surface area (Å²) in [5.74, 6) is -0.368. The molecule has 7 heteroatoms. The third-order valence-electron chi connectivity index (χ3n) is 2.78. The van der Waals surface area contributed by atoms with Gasteiger partial charge in [0.25, 0.3) is 0 Å². The van der Waals surface area contributed by atoms with Crippen LogP contribution in [0, 0.1) is 11.3 Å².